The highest BCUT2D eigenvalue weighted by molar-refractivity contribution is 7.14. The monoisotopic (exact) mass is 1580 g/mol. The lowest BCUT2D eigenvalue weighted by Gasteiger charge is -1.98. The highest BCUT2D eigenvalue weighted by atomic mass is 32.1. The molecule has 11 aromatic rings. The first-order valence-corrected chi connectivity index (χ1v) is 44.1. The van der Waals surface area contributed by atoms with E-state index in [1.165, 1.54) is 93.9 Å². The number of carbonyl (C=O) groups excluding carboxylic acids is 2. The van der Waals surface area contributed by atoms with E-state index in [0.717, 1.165) is 49.7 Å². The lowest BCUT2D eigenvalue weighted by molar-refractivity contribution is 0.0983. The largest absolute Gasteiger partial charge is 0.293 e. The zero-order valence-corrected chi connectivity index (χ0v) is 76.1. The molecule has 2 aromatic carbocycles. The molecule has 0 unspecified atom stereocenters. The summed E-state index contributed by atoms with van der Waals surface area (Å²) in [4.78, 5) is 69.8. The Balaban J connectivity index is 0.00000116. The Bertz CT molecular complexity index is 3860. The Morgan fingerprint density at radius 1 is 0.381 bits per heavy atom. The van der Waals surface area contributed by atoms with E-state index in [1.807, 2.05) is 146 Å². The smallest absolute Gasteiger partial charge is 0.174 e. The van der Waals surface area contributed by atoms with E-state index in [-0.39, 0.29) is 11.6 Å². The number of hydrogen-bond acceptors (Lipinski definition) is 19. The Labute approximate surface area is 668 Å². The van der Waals surface area contributed by atoms with Gasteiger partial charge in [-0.05, 0) is 65.7 Å². The van der Waals surface area contributed by atoms with Gasteiger partial charge in [-0.15, -0.1) is 90.7 Å². The molecule has 0 fully saturated rings. The lowest BCUT2D eigenvalue weighted by Crippen LogP contribution is -1.94. The van der Waals surface area contributed by atoms with E-state index < -0.39 is 0 Å². The number of nitrogens with zero attached hydrogens (tertiary/aromatic N) is 9. The molecule has 0 N–H and O–H groups in total. The fraction of sp³-hybridized carbons (Fsp3) is 0.500. The van der Waals surface area contributed by atoms with Gasteiger partial charge in [0, 0.05) is 145 Å². The van der Waals surface area contributed by atoms with Crippen LogP contribution in [0.25, 0.3) is 11.3 Å². The van der Waals surface area contributed by atoms with Crippen molar-refractivity contribution in [3.8, 4) is 11.3 Å². The number of thiazole rings is 8. The predicted octanol–water partition coefficient (Wildman–Crippen LogP) is 29.1. The number of carbonyl (C=O) groups is 2. The first kappa shape index (κ1) is 99.0. The van der Waals surface area contributed by atoms with Crippen LogP contribution < -0.4 is 0 Å². The van der Waals surface area contributed by atoms with Gasteiger partial charge < -0.3 is 0 Å². The van der Waals surface area contributed by atoms with E-state index in [4.69, 9.17) is 4.98 Å². The molecule has 0 spiro atoms. The van der Waals surface area contributed by atoms with Crippen molar-refractivity contribution >= 4 is 102 Å². The van der Waals surface area contributed by atoms with Gasteiger partial charge >= 0.3 is 0 Å². The molecule has 19 heteroatoms. The Hall–Kier alpha value is -6.03. The summed E-state index contributed by atoms with van der Waals surface area (Å²) in [6, 6.07) is 26.6. The SMILES string of the molecule is CC.CC.CC.CC(C)c1ncc(Cc2ccccc2)s1.CCC(=O)c1cnc(C(C)C)s1.CCC(=O)c1sc(C(C)C)nc1C.CCc1cnc(C(C)C)s1.Cc1cnc(C(C)C)s1.Cc1csc(C(C)C)n1.Cc1nc(C(C)C)sc1C.Cc1sc(C(C)C)nc1-c1ccccc1.c1ccncc1. The summed E-state index contributed by atoms with van der Waals surface area (Å²) in [5.74, 6) is 4.65. The van der Waals surface area contributed by atoms with Gasteiger partial charge in [0.1, 0.15) is 0 Å². The van der Waals surface area contributed by atoms with Crippen LogP contribution in [-0.4, -0.2) is 56.4 Å². The van der Waals surface area contributed by atoms with Crippen molar-refractivity contribution in [2.75, 3.05) is 0 Å². The van der Waals surface area contributed by atoms with Gasteiger partial charge in [0.25, 0.3) is 0 Å². The van der Waals surface area contributed by atoms with Crippen molar-refractivity contribution in [2.24, 2.45) is 0 Å². The van der Waals surface area contributed by atoms with E-state index >= 15 is 0 Å². The third-order valence-electron chi connectivity index (χ3n) is 13.9. The molecule has 0 radical (unpaired) electrons. The van der Waals surface area contributed by atoms with Crippen LogP contribution in [-0.2, 0) is 12.8 Å². The number of benzene rings is 2. The summed E-state index contributed by atoms with van der Waals surface area (Å²) in [7, 11) is 0. The Morgan fingerprint density at radius 3 is 1.12 bits per heavy atom. The molecule has 9 heterocycles. The maximum Gasteiger partial charge on any atom is 0.174 e. The predicted molar refractivity (Wildman–Crippen MR) is 470 cm³/mol. The van der Waals surface area contributed by atoms with E-state index in [1.54, 1.807) is 52.6 Å². The summed E-state index contributed by atoms with van der Waals surface area (Å²) < 4.78 is 0. The van der Waals surface area contributed by atoms with E-state index in [0.29, 0.717) is 60.2 Å². The first-order valence-electron chi connectivity index (χ1n) is 37.5. The molecule has 0 aliphatic carbocycles. The van der Waals surface area contributed by atoms with Crippen LogP contribution in [0, 0.1) is 41.5 Å². The zero-order chi connectivity index (χ0) is 79.9. The molecule has 9 aromatic heterocycles. The number of rotatable bonds is 16. The second-order valence-corrected chi connectivity index (χ2v) is 34.9. The van der Waals surface area contributed by atoms with Crippen LogP contribution in [0.5, 0.6) is 0 Å². The highest BCUT2D eigenvalue weighted by Crippen LogP contribution is 2.32. The van der Waals surface area contributed by atoms with Gasteiger partial charge in [-0.3, -0.25) is 14.6 Å². The standard InChI is InChI=1S/2C13H15NS.C10H15NOS.C9H13NOS.2C8H13NS.2C7H11NS.C5H5N.3C2H6/c1-9(2)13-14-12(10(3)15-13)11-7-5-4-6-8-11;1-10(2)13-14-9-12(15-13)8-11-6-4-3-5-7-11;1-5-8(12)9-7(4)11-10(13-9)6(2)3;1-4-7(11)8-5-10-9(12-8)6(2)3;1-5(2)8-9-6(3)7(4)10-8;1-4-7-5-9-8(10-7)6(2)3;1-5(2)7-8-6(3)4-9-7;1-5(2)7-8-4-6(3)9-7;1-2-4-6-5-3-1;3*1-2/h4-9H,1-3H3;3-7,9-10H,8H2,1-2H3;6H,5H2,1-4H3;5-6H,4H2,1-3H3;5H,1-4H3;5-6H,4H2,1-3H3;2*4-5H,1-3H3;1-5H;3*1-2H3. The van der Waals surface area contributed by atoms with Gasteiger partial charge in [-0.1, -0.05) is 240 Å². The Kier molecular flexibility index (Phi) is 53.0. The van der Waals surface area contributed by atoms with E-state index in [9.17, 15) is 9.59 Å². The number of aryl methyl sites for hydroxylation is 7. The van der Waals surface area contributed by atoms with Gasteiger partial charge in [0.2, 0.25) is 0 Å². The molecule has 0 aliphatic heterocycles. The second-order valence-electron chi connectivity index (χ2n) is 25.8. The van der Waals surface area contributed by atoms with Crippen molar-refractivity contribution in [3.05, 3.63) is 218 Å². The molecule has 0 bridgehead atoms. The molecule has 0 amide bonds. The molecule has 0 atom stereocenters. The van der Waals surface area contributed by atoms with Crippen LogP contribution in [0.1, 0.15) is 340 Å². The molecule has 0 saturated carbocycles. The molecule has 0 aliphatic rings. The van der Waals surface area contributed by atoms with Crippen LogP contribution in [0.2, 0.25) is 0 Å². The quantitative estimate of drug-likeness (QED) is 0.0851. The number of Topliss-reactive ketones (excluding diaryl/α,β-unsaturated/α-hetero) is 2. The average molecular weight is 1580 g/mol. The van der Waals surface area contributed by atoms with Crippen molar-refractivity contribution in [1.29, 1.82) is 0 Å². The molecule has 11 rings (SSSR count). The fourth-order valence-electron chi connectivity index (χ4n) is 8.02. The summed E-state index contributed by atoms with van der Waals surface area (Å²) in [6.07, 6.45) is 14.4. The minimum absolute atomic E-state index is 0.194. The lowest BCUT2D eigenvalue weighted by atomic mass is 10.1. The van der Waals surface area contributed by atoms with Crippen molar-refractivity contribution in [2.45, 2.75) is 288 Å². The van der Waals surface area contributed by atoms with Gasteiger partial charge in [-0.25, -0.2) is 39.9 Å². The minimum atomic E-state index is 0.194. The molecule has 105 heavy (non-hydrogen) atoms. The average Bonchev–Trinajstić information content (AvgIpc) is 1.71. The fourth-order valence-corrected chi connectivity index (χ4v) is 15.3. The number of hydrogen-bond donors (Lipinski definition) is 0. The molecule has 11 nitrogen and oxygen atoms in total. The maximum absolute atomic E-state index is 11.4. The minimum Gasteiger partial charge on any atom is -0.293 e. The number of pyridine rings is 1. The van der Waals surface area contributed by atoms with Gasteiger partial charge in [-0.2, -0.15) is 0 Å². The van der Waals surface area contributed by atoms with Gasteiger partial charge in [0.05, 0.1) is 66.9 Å². The third kappa shape index (κ3) is 39.6. The van der Waals surface area contributed by atoms with Crippen molar-refractivity contribution < 1.29 is 9.59 Å². The summed E-state index contributed by atoms with van der Waals surface area (Å²) in [6.45, 7) is 64.8. The topological polar surface area (TPSA) is 150 Å². The number of aromatic nitrogens is 9. The van der Waals surface area contributed by atoms with Crippen LogP contribution >= 0.6 is 90.7 Å². The number of ketones is 2. The molecular formula is C86H129N9O2S8. The molecule has 0 saturated heterocycles. The van der Waals surface area contributed by atoms with Crippen molar-refractivity contribution in [3.63, 3.8) is 0 Å². The summed E-state index contributed by atoms with van der Waals surface area (Å²) in [5.41, 5.74) is 6.94. The maximum atomic E-state index is 11.4. The molecule has 578 valence electrons. The molecular weight excluding hydrogens is 1450 g/mol. The van der Waals surface area contributed by atoms with Gasteiger partial charge in [0.15, 0.2) is 11.6 Å². The summed E-state index contributed by atoms with van der Waals surface area (Å²) in [5, 5.41) is 11.7. The first-order chi connectivity index (χ1) is 49.9. The third-order valence-corrected chi connectivity index (χ3v) is 24.6. The normalized spacial score (nSPS) is 10.2. The zero-order valence-electron chi connectivity index (χ0n) is 69.6. The Morgan fingerprint density at radius 2 is 0.790 bits per heavy atom. The highest BCUT2D eigenvalue weighted by Gasteiger charge is 2.16. The summed E-state index contributed by atoms with van der Waals surface area (Å²) >= 11 is 13.9. The second kappa shape index (κ2) is 56.3. The van der Waals surface area contributed by atoms with Crippen LogP contribution in [0.3, 0.4) is 0 Å². The van der Waals surface area contributed by atoms with E-state index in [2.05, 4.69) is 245 Å². The van der Waals surface area contributed by atoms with Crippen LogP contribution in [0.15, 0.2) is 121 Å². The van der Waals surface area contributed by atoms with Crippen molar-refractivity contribution in [1.82, 2.24) is 44.9 Å². The van der Waals surface area contributed by atoms with Crippen LogP contribution in [0.4, 0.5) is 0 Å².